The Kier molecular flexibility index (Phi) is 2.39. The van der Waals surface area contributed by atoms with Gasteiger partial charge in [0.2, 0.25) is 0 Å². The third-order valence-electron chi connectivity index (χ3n) is 3.13. The Morgan fingerprint density at radius 2 is 2.07 bits per heavy atom. The number of anilines is 1. The third-order valence-corrected chi connectivity index (χ3v) is 3.13. The van der Waals surface area contributed by atoms with Crippen LogP contribution in [0.15, 0.2) is 42.5 Å². The van der Waals surface area contributed by atoms with E-state index in [0.717, 1.165) is 12.1 Å². The van der Waals surface area contributed by atoms with Crippen LogP contribution in [0.25, 0.3) is 0 Å². The second-order valence-corrected chi connectivity index (χ2v) is 4.45. The number of benzene rings is 1. The Morgan fingerprint density at radius 1 is 1.27 bits per heavy atom. The predicted octanol–water partition coefficient (Wildman–Crippen LogP) is 3.35. The van der Waals surface area contributed by atoms with Crippen LogP contribution in [0.2, 0.25) is 0 Å². The van der Waals surface area contributed by atoms with Crippen LogP contribution in [0.4, 0.5) is 5.69 Å². The number of aryl methyl sites for hydroxylation is 1. The van der Waals surface area contributed by atoms with E-state index < -0.39 is 0 Å². The number of nitrogen functional groups attached to an aromatic ring is 1. The summed E-state index contributed by atoms with van der Waals surface area (Å²) in [5.41, 5.74) is 9.58. The Balaban J connectivity index is 2.53. The molecule has 1 nitrogen and oxygen atoms in total. The van der Waals surface area contributed by atoms with Crippen LogP contribution < -0.4 is 5.73 Å². The molecule has 0 bridgehead atoms. The van der Waals surface area contributed by atoms with Gasteiger partial charge in [-0.2, -0.15) is 0 Å². The molecule has 0 radical (unpaired) electrons. The van der Waals surface area contributed by atoms with Gasteiger partial charge in [0.25, 0.3) is 0 Å². The van der Waals surface area contributed by atoms with Crippen molar-refractivity contribution in [1.82, 2.24) is 0 Å². The average molecular weight is 199 g/mol. The zero-order chi connectivity index (χ0) is 10.9. The summed E-state index contributed by atoms with van der Waals surface area (Å²) in [5, 5.41) is 0. The first kappa shape index (κ1) is 10.0. The summed E-state index contributed by atoms with van der Waals surface area (Å²) in [6, 6.07) is 6.13. The topological polar surface area (TPSA) is 26.0 Å². The van der Waals surface area contributed by atoms with Crippen molar-refractivity contribution in [3.8, 4) is 0 Å². The monoisotopic (exact) mass is 199 g/mol. The Bertz CT molecular complexity index is 409. The second kappa shape index (κ2) is 3.58. The minimum absolute atomic E-state index is 0.0597. The Morgan fingerprint density at radius 3 is 2.67 bits per heavy atom. The number of allylic oxidation sites excluding steroid dienone is 4. The molecule has 0 heterocycles. The molecular formula is C14H17N. The van der Waals surface area contributed by atoms with Crippen LogP contribution >= 0.6 is 0 Å². The van der Waals surface area contributed by atoms with Crippen molar-refractivity contribution in [3.05, 3.63) is 53.6 Å². The molecule has 1 aliphatic carbocycles. The van der Waals surface area contributed by atoms with E-state index in [4.69, 9.17) is 5.73 Å². The molecule has 2 rings (SSSR count). The fourth-order valence-corrected chi connectivity index (χ4v) is 2.38. The van der Waals surface area contributed by atoms with Gasteiger partial charge < -0.3 is 5.73 Å². The lowest BCUT2D eigenvalue weighted by Crippen LogP contribution is -2.22. The van der Waals surface area contributed by atoms with E-state index in [1.165, 1.54) is 11.1 Å². The van der Waals surface area contributed by atoms with Crippen LogP contribution in [-0.4, -0.2) is 0 Å². The minimum atomic E-state index is 0.0597. The molecule has 0 fully saturated rings. The van der Waals surface area contributed by atoms with Gasteiger partial charge in [0.1, 0.15) is 0 Å². The minimum Gasteiger partial charge on any atom is -0.398 e. The van der Waals surface area contributed by atoms with E-state index in [2.05, 4.69) is 44.2 Å². The van der Waals surface area contributed by atoms with E-state index in [0.29, 0.717) is 0 Å². The molecule has 15 heavy (non-hydrogen) atoms. The second-order valence-electron chi connectivity index (χ2n) is 4.45. The van der Waals surface area contributed by atoms with E-state index in [1.54, 1.807) is 0 Å². The third kappa shape index (κ3) is 1.70. The number of hydrogen-bond acceptors (Lipinski definition) is 1. The number of nitrogens with two attached hydrogens (primary N) is 1. The van der Waals surface area contributed by atoms with Gasteiger partial charge in [-0.25, -0.2) is 0 Å². The maximum atomic E-state index is 6.08. The molecule has 1 atom stereocenters. The Labute approximate surface area is 91.3 Å². The van der Waals surface area contributed by atoms with Crippen LogP contribution in [0.1, 0.15) is 24.5 Å². The Hall–Kier alpha value is -1.50. The van der Waals surface area contributed by atoms with E-state index in [9.17, 15) is 0 Å². The van der Waals surface area contributed by atoms with E-state index in [1.807, 2.05) is 12.1 Å². The lowest BCUT2D eigenvalue weighted by atomic mass is 9.75. The largest absolute Gasteiger partial charge is 0.398 e. The van der Waals surface area contributed by atoms with E-state index >= 15 is 0 Å². The first-order chi connectivity index (χ1) is 7.13. The molecule has 0 saturated heterocycles. The smallest absolute Gasteiger partial charge is 0.0358 e. The lowest BCUT2D eigenvalue weighted by Gasteiger charge is -2.30. The summed E-state index contributed by atoms with van der Waals surface area (Å²) >= 11 is 0. The van der Waals surface area contributed by atoms with Gasteiger partial charge in [-0.15, -0.1) is 0 Å². The molecular weight excluding hydrogens is 182 g/mol. The maximum Gasteiger partial charge on any atom is 0.0358 e. The standard InChI is InChI=1S/C14H17N/c1-11-7-6-8-12(15)13(11)14(2)9-4-3-5-10-14/h3-9H,10,15H2,1-2H3. The molecule has 1 unspecified atom stereocenters. The predicted molar refractivity (Wildman–Crippen MR) is 65.8 cm³/mol. The summed E-state index contributed by atoms with van der Waals surface area (Å²) in [5.74, 6) is 0. The highest BCUT2D eigenvalue weighted by Crippen LogP contribution is 2.37. The first-order valence-corrected chi connectivity index (χ1v) is 5.33. The molecule has 1 aromatic rings. The van der Waals surface area contributed by atoms with Gasteiger partial charge >= 0.3 is 0 Å². The summed E-state index contributed by atoms with van der Waals surface area (Å²) in [7, 11) is 0. The van der Waals surface area contributed by atoms with Gasteiger partial charge in [-0.3, -0.25) is 0 Å². The molecule has 78 valence electrons. The highest BCUT2D eigenvalue weighted by atomic mass is 14.6. The van der Waals surface area contributed by atoms with Crippen molar-refractivity contribution < 1.29 is 0 Å². The van der Waals surface area contributed by atoms with Crippen molar-refractivity contribution in [2.75, 3.05) is 5.73 Å². The molecule has 0 aromatic heterocycles. The number of rotatable bonds is 1. The van der Waals surface area contributed by atoms with Crippen LogP contribution in [-0.2, 0) is 5.41 Å². The van der Waals surface area contributed by atoms with Crippen molar-refractivity contribution >= 4 is 5.69 Å². The van der Waals surface area contributed by atoms with Crippen molar-refractivity contribution in [2.45, 2.75) is 25.7 Å². The van der Waals surface area contributed by atoms with Crippen molar-refractivity contribution in [1.29, 1.82) is 0 Å². The highest BCUT2D eigenvalue weighted by Gasteiger charge is 2.26. The average Bonchev–Trinajstić information content (AvgIpc) is 2.18. The summed E-state index contributed by atoms with van der Waals surface area (Å²) < 4.78 is 0. The van der Waals surface area contributed by atoms with Crippen molar-refractivity contribution in [2.24, 2.45) is 0 Å². The molecule has 1 aromatic carbocycles. The van der Waals surface area contributed by atoms with E-state index in [-0.39, 0.29) is 5.41 Å². The fourth-order valence-electron chi connectivity index (χ4n) is 2.38. The van der Waals surface area contributed by atoms with Gasteiger partial charge in [-0.05, 0) is 30.5 Å². The fraction of sp³-hybridized carbons (Fsp3) is 0.286. The molecule has 0 spiro atoms. The van der Waals surface area contributed by atoms with Crippen molar-refractivity contribution in [3.63, 3.8) is 0 Å². The van der Waals surface area contributed by atoms with Gasteiger partial charge in [0, 0.05) is 11.1 Å². The van der Waals surface area contributed by atoms with Gasteiger partial charge in [0.15, 0.2) is 0 Å². The summed E-state index contributed by atoms with van der Waals surface area (Å²) in [6.45, 7) is 4.37. The van der Waals surface area contributed by atoms with Crippen LogP contribution in [0, 0.1) is 6.92 Å². The molecule has 2 N–H and O–H groups in total. The SMILES string of the molecule is Cc1cccc(N)c1C1(C)C=CC=CC1. The lowest BCUT2D eigenvalue weighted by molar-refractivity contribution is 0.598. The summed E-state index contributed by atoms with van der Waals surface area (Å²) in [4.78, 5) is 0. The van der Waals surface area contributed by atoms with Gasteiger partial charge in [0.05, 0.1) is 0 Å². The molecule has 0 amide bonds. The molecule has 1 heteroatoms. The zero-order valence-corrected chi connectivity index (χ0v) is 9.33. The maximum absolute atomic E-state index is 6.08. The van der Waals surface area contributed by atoms with Crippen LogP contribution in [0.3, 0.4) is 0 Å². The first-order valence-electron chi connectivity index (χ1n) is 5.33. The molecule has 0 aliphatic heterocycles. The number of hydrogen-bond donors (Lipinski definition) is 1. The zero-order valence-electron chi connectivity index (χ0n) is 9.33. The van der Waals surface area contributed by atoms with Gasteiger partial charge in [-0.1, -0.05) is 43.4 Å². The highest BCUT2D eigenvalue weighted by molar-refractivity contribution is 5.57. The molecule has 0 saturated carbocycles. The molecule has 1 aliphatic rings. The van der Waals surface area contributed by atoms with Crippen LogP contribution in [0.5, 0.6) is 0 Å². The quantitative estimate of drug-likeness (QED) is 0.690. The summed E-state index contributed by atoms with van der Waals surface area (Å²) in [6.07, 6.45) is 9.67. The normalized spacial score (nSPS) is 24.4.